The number of anilines is 2. The molecule has 5 rings (SSSR count). The van der Waals surface area contributed by atoms with Gasteiger partial charge in [-0.15, -0.1) is 11.3 Å². The SMILES string of the molecule is Clc1cn(-c2ccc3c(c2)CCc2sc(Cc4ccccc4)nc2N3)cn1. The zero-order chi connectivity index (χ0) is 18.2. The molecule has 1 aliphatic rings. The first-order chi connectivity index (χ1) is 13.2. The van der Waals surface area contributed by atoms with Gasteiger partial charge in [0.2, 0.25) is 0 Å². The number of rotatable bonds is 3. The van der Waals surface area contributed by atoms with Gasteiger partial charge in [0.15, 0.2) is 0 Å². The Morgan fingerprint density at radius 2 is 2.00 bits per heavy atom. The molecular formula is C21H17ClN4S. The molecular weight excluding hydrogens is 376 g/mol. The highest BCUT2D eigenvalue weighted by molar-refractivity contribution is 7.12. The zero-order valence-electron chi connectivity index (χ0n) is 14.5. The van der Waals surface area contributed by atoms with E-state index in [1.165, 1.54) is 16.0 Å². The molecule has 4 aromatic rings. The van der Waals surface area contributed by atoms with Crippen molar-refractivity contribution in [3.05, 3.63) is 87.2 Å². The number of imidazole rings is 1. The van der Waals surface area contributed by atoms with E-state index in [2.05, 4.69) is 52.8 Å². The smallest absolute Gasteiger partial charge is 0.147 e. The maximum absolute atomic E-state index is 5.95. The fraction of sp³-hybridized carbons (Fsp3) is 0.143. The molecule has 2 aromatic carbocycles. The highest BCUT2D eigenvalue weighted by Gasteiger charge is 2.18. The monoisotopic (exact) mass is 392 g/mol. The van der Waals surface area contributed by atoms with Gasteiger partial charge in [-0.25, -0.2) is 9.97 Å². The Bertz CT molecular complexity index is 1100. The molecule has 27 heavy (non-hydrogen) atoms. The Hall–Kier alpha value is -2.63. The van der Waals surface area contributed by atoms with Crippen LogP contribution in [0.1, 0.15) is 21.0 Å². The molecule has 0 fully saturated rings. The lowest BCUT2D eigenvalue weighted by atomic mass is 10.1. The average Bonchev–Trinajstić information content (AvgIpc) is 3.24. The van der Waals surface area contributed by atoms with Crippen LogP contribution in [0.25, 0.3) is 5.69 Å². The van der Waals surface area contributed by atoms with E-state index >= 15 is 0 Å². The normalized spacial score (nSPS) is 12.8. The van der Waals surface area contributed by atoms with Crippen LogP contribution in [-0.4, -0.2) is 14.5 Å². The minimum absolute atomic E-state index is 0.500. The molecule has 0 saturated carbocycles. The first kappa shape index (κ1) is 16.5. The van der Waals surface area contributed by atoms with Crippen LogP contribution in [0.5, 0.6) is 0 Å². The van der Waals surface area contributed by atoms with Gasteiger partial charge >= 0.3 is 0 Å². The van der Waals surface area contributed by atoms with Crippen LogP contribution in [-0.2, 0) is 19.3 Å². The Labute approximate surface area is 166 Å². The van der Waals surface area contributed by atoms with Crippen LogP contribution in [0.4, 0.5) is 11.5 Å². The average molecular weight is 393 g/mol. The van der Waals surface area contributed by atoms with E-state index in [1.54, 1.807) is 6.33 Å². The van der Waals surface area contributed by atoms with Crippen molar-refractivity contribution < 1.29 is 0 Å². The van der Waals surface area contributed by atoms with E-state index in [0.29, 0.717) is 5.15 Å². The van der Waals surface area contributed by atoms with Crippen LogP contribution in [0, 0.1) is 0 Å². The van der Waals surface area contributed by atoms with Crippen molar-refractivity contribution in [3.63, 3.8) is 0 Å². The van der Waals surface area contributed by atoms with Crippen LogP contribution >= 0.6 is 22.9 Å². The van der Waals surface area contributed by atoms with Crippen molar-refractivity contribution in [2.24, 2.45) is 0 Å². The molecule has 1 N–H and O–H groups in total. The number of aryl methyl sites for hydroxylation is 2. The third-order valence-electron chi connectivity index (χ3n) is 4.75. The van der Waals surface area contributed by atoms with Crippen molar-refractivity contribution in [2.75, 3.05) is 5.32 Å². The van der Waals surface area contributed by atoms with Crippen LogP contribution < -0.4 is 5.32 Å². The molecule has 0 atom stereocenters. The number of fused-ring (bicyclic) bond motifs is 2. The summed E-state index contributed by atoms with van der Waals surface area (Å²) in [7, 11) is 0. The summed E-state index contributed by atoms with van der Waals surface area (Å²) in [6.45, 7) is 0. The van der Waals surface area contributed by atoms with Gasteiger partial charge in [-0.1, -0.05) is 41.9 Å². The van der Waals surface area contributed by atoms with E-state index < -0.39 is 0 Å². The van der Waals surface area contributed by atoms with Gasteiger partial charge < -0.3 is 9.88 Å². The van der Waals surface area contributed by atoms with Gasteiger partial charge in [-0.2, -0.15) is 0 Å². The lowest BCUT2D eigenvalue weighted by molar-refractivity contribution is 0.982. The summed E-state index contributed by atoms with van der Waals surface area (Å²) in [5.41, 5.74) is 4.77. The minimum Gasteiger partial charge on any atom is -0.339 e. The Morgan fingerprint density at radius 1 is 1.11 bits per heavy atom. The molecule has 0 bridgehead atoms. The van der Waals surface area contributed by atoms with Crippen molar-refractivity contribution in [2.45, 2.75) is 19.3 Å². The van der Waals surface area contributed by atoms with Gasteiger partial charge in [0, 0.05) is 28.9 Å². The predicted octanol–water partition coefficient (Wildman–Crippen LogP) is 5.42. The summed E-state index contributed by atoms with van der Waals surface area (Å²) in [6.07, 6.45) is 6.42. The molecule has 1 aliphatic heterocycles. The van der Waals surface area contributed by atoms with E-state index in [0.717, 1.165) is 41.5 Å². The molecule has 134 valence electrons. The largest absolute Gasteiger partial charge is 0.339 e. The van der Waals surface area contributed by atoms with Crippen LogP contribution in [0.15, 0.2) is 61.1 Å². The van der Waals surface area contributed by atoms with Crippen molar-refractivity contribution in [3.8, 4) is 5.69 Å². The van der Waals surface area contributed by atoms with Gasteiger partial charge in [0.25, 0.3) is 0 Å². The van der Waals surface area contributed by atoms with Crippen LogP contribution in [0.2, 0.25) is 5.15 Å². The summed E-state index contributed by atoms with van der Waals surface area (Å²) in [6, 6.07) is 16.9. The summed E-state index contributed by atoms with van der Waals surface area (Å²) in [4.78, 5) is 10.3. The zero-order valence-corrected chi connectivity index (χ0v) is 16.1. The molecule has 0 saturated heterocycles. The number of halogens is 1. The fourth-order valence-corrected chi connectivity index (χ4v) is 4.61. The first-order valence-corrected chi connectivity index (χ1v) is 10.1. The Kier molecular flexibility index (Phi) is 4.19. The molecule has 0 aliphatic carbocycles. The second-order valence-corrected chi connectivity index (χ2v) is 8.17. The quantitative estimate of drug-likeness (QED) is 0.506. The summed E-state index contributed by atoms with van der Waals surface area (Å²) in [5, 5.41) is 5.20. The third kappa shape index (κ3) is 3.36. The summed E-state index contributed by atoms with van der Waals surface area (Å²) < 4.78 is 1.94. The van der Waals surface area contributed by atoms with E-state index in [4.69, 9.17) is 16.6 Å². The molecule has 0 amide bonds. The predicted molar refractivity (Wildman–Crippen MR) is 111 cm³/mol. The van der Waals surface area contributed by atoms with Crippen molar-refractivity contribution >= 4 is 34.4 Å². The second kappa shape index (κ2) is 6.83. The third-order valence-corrected chi connectivity index (χ3v) is 6.06. The topological polar surface area (TPSA) is 42.7 Å². The number of nitrogens with zero attached hydrogens (tertiary/aromatic N) is 3. The lowest BCUT2D eigenvalue weighted by Gasteiger charge is -2.10. The molecule has 0 unspecified atom stereocenters. The van der Waals surface area contributed by atoms with Gasteiger partial charge in [-0.05, 0) is 42.2 Å². The lowest BCUT2D eigenvalue weighted by Crippen LogP contribution is -1.98. The number of hydrogen-bond donors (Lipinski definition) is 1. The standard InChI is InChI=1S/C21H17ClN4S/c22-19-12-26(13-23-19)16-7-8-17-15(11-16)6-9-18-21(24-17)25-20(27-18)10-14-4-2-1-3-5-14/h1-5,7-8,11-13,24H,6,9-10H2. The molecule has 2 aromatic heterocycles. The first-order valence-electron chi connectivity index (χ1n) is 8.87. The fourth-order valence-electron chi connectivity index (χ4n) is 3.40. The van der Waals surface area contributed by atoms with Gasteiger partial charge in [0.05, 0.1) is 5.01 Å². The summed E-state index contributed by atoms with van der Waals surface area (Å²) in [5.74, 6) is 1.00. The summed E-state index contributed by atoms with van der Waals surface area (Å²) >= 11 is 7.76. The second-order valence-electron chi connectivity index (χ2n) is 6.61. The van der Waals surface area contributed by atoms with E-state index in [1.807, 2.05) is 28.2 Å². The van der Waals surface area contributed by atoms with E-state index in [9.17, 15) is 0 Å². The van der Waals surface area contributed by atoms with Crippen LogP contribution in [0.3, 0.4) is 0 Å². The highest BCUT2D eigenvalue weighted by Crippen LogP contribution is 2.34. The minimum atomic E-state index is 0.500. The number of hydrogen-bond acceptors (Lipinski definition) is 4. The highest BCUT2D eigenvalue weighted by atomic mass is 35.5. The van der Waals surface area contributed by atoms with E-state index in [-0.39, 0.29) is 0 Å². The number of thiazole rings is 1. The molecule has 0 radical (unpaired) electrons. The molecule has 6 heteroatoms. The van der Waals surface area contributed by atoms with Gasteiger partial charge in [0.1, 0.15) is 17.3 Å². The molecule has 3 heterocycles. The maximum Gasteiger partial charge on any atom is 0.147 e. The Morgan fingerprint density at radius 3 is 2.81 bits per heavy atom. The molecule has 0 spiro atoms. The molecule has 4 nitrogen and oxygen atoms in total. The van der Waals surface area contributed by atoms with Gasteiger partial charge in [-0.3, -0.25) is 0 Å². The van der Waals surface area contributed by atoms with Crippen molar-refractivity contribution in [1.82, 2.24) is 14.5 Å². The Balaban J connectivity index is 1.41. The van der Waals surface area contributed by atoms with Crippen molar-refractivity contribution in [1.29, 1.82) is 0 Å². The number of aromatic nitrogens is 3. The number of nitrogens with one attached hydrogen (secondary N) is 1. The number of benzene rings is 2. The maximum atomic E-state index is 5.95.